The van der Waals surface area contributed by atoms with Crippen molar-refractivity contribution in [3.63, 3.8) is 0 Å². The molecule has 1 aromatic rings. The van der Waals surface area contributed by atoms with Crippen LogP contribution >= 0.6 is 0 Å². The van der Waals surface area contributed by atoms with E-state index >= 15 is 0 Å². The molecule has 0 aliphatic heterocycles. The third kappa shape index (κ3) is 7.73. The maximum Gasteiger partial charge on any atom is 0.278 e. The molecule has 0 aliphatic carbocycles. The Hall–Kier alpha value is -1.96. The first-order chi connectivity index (χ1) is 11.0. The van der Waals surface area contributed by atoms with E-state index in [4.69, 9.17) is 0 Å². The number of hydrogen-bond donors (Lipinski definition) is 1. The number of sulfonamides is 1. The smallest absolute Gasteiger partial charge is 0.258 e. The van der Waals surface area contributed by atoms with Gasteiger partial charge in [0, 0.05) is 6.07 Å². The van der Waals surface area contributed by atoms with Crippen molar-refractivity contribution in [3.8, 4) is 0 Å². The first-order valence-electron chi connectivity index (χ1n) is 7.72. The van der Waals surface area contributed by atoms with E-state index in [0.717, 1.165) is 31.9 Å². The number of hydrazone groups is 1. The molecule has 0 aromatic heterocycles. The van der Waals surface area contributed by atoms with Gasteiger partial charge in [0.15, 0.2) is 0 Å². The van der Waals surface area contributed by atoms with E-state index < -0.39 is 14.9 Å². The highest BCUT2D eigenvalue weighted by atomic mass is 32.2. The third-order valence-electron chi connectivity index (χ3n) is 3.30. The van der Waals surface area contributed by atoms with Gasteiger partial charge in [-0.2, -0.15) is 5.10 Å². The molecule has 0 amide bonds. The molecule has 0 fully saturated rings. The highest BCUT2D eigenvalue weighted by Crippen LogP contribution is 2.15. The van der Waals surface area contributed by atoms with Crippen molar-refractivity contribution in [2.24, 2.45) is 5.10 Å². The van der Waals surface area contributed by atoms with Gasteiger partial charge in [0.2, 0.25) is 10.0 Å². The zero-order chi connectivity index (χ0) is 17.1. The second kappa shape index (κ2) is 9.94. The minimum absolute atomic E-state index is 0.00729. The minimum Gasteiger partial charge on any atom is -0.258 e. The number of rotatable bonds is 11. The van der Waals surface area contributed by atoms with Crippen molar-refractivity contribution in [2.45, 2.75) is 45.4 Å². The predicted molar refractivity (Wildman–Crippen MR) is 91.0 cm³/mol. The van der Waals surface area contributed by atoms with Crippen molar-refractivity contribution >= 4 is 21.9 Å². The lowest BCUT2D eigenvalue weighted by molar-refractivity contribution is -0.385. The van der Waals surface area contributed by atoms with Gasteiger partial charge in [-0.25, -0.2) is 13.2 Å². The van der Waals surface area contributed by atoms with Gasteiger partial charge >= 0.3 is 0 Å². The Morgan fingerprint density at radius 1 is 1.17 bits per heavy atom. The van der Waals surface area contributed by atoms with Crippen molar-refractivity contribution in [1.82, 2.24) is 4.83 Å². The van der Waals surface area contributed by atoms with Gasteiger partial charge in [0.1, 0.15) is 0 Å². The van der Waals surface area contributed by atoms with Crippen LogP contribution < -0.4 is 4.83 Å². The fourth-order valence-corrected chi connectivity index (χ4v) is 2.95. The molecule has 1 aromatic carbocycles. The summed E-state index contributed by atoms with van der Waals surface area (Å²) in [5.74, 6) is 0.00729. The zero-order valence-corrected chi connectivity index (χ0v) is 14.1. The summed E-state index contributed by atoms with van der Waals surface area (Å²) >= 11 is 0. The van der Waals surface area contributed by atoms with Crippen LogP contribution in [0.3, 0.4) is 0 Å². The molecule has 1 N–H and O–H groups in total. The second-order valence-corrected chi connectivity index (χ2v) is 7.07. The van der Waals surface area contributed by atoms with Crippen LogP contribution in [0.5, 0.6) is 0 Å². The highest BCUT2D eigenvalue weighted by molar-refractivity contribution is 7.89. The molecule has 0 atom stereocenters. The number of nitrogens with one attached hydrogen (secondary N) is 1. The summed E-state index contributed by atoms with van der Waals surface area (Å²) in [6.07, 6.45) is 7.08. The summed E-state index contributed by atoms with van der Waals surface area (Å²) in [4.78, 5) is 12.4. The number of benzene rings is 1. The fourth-order valence-electron chi connectivity index (χ4n) is 2.06. The lowest BCUT2D eigenvalue weighted by atomic mass is 10.1. The molecule has 128 valence electrons. The van der Waals surface area contributed by atoms with Gasteiger partial charge in [-0.1, -0.05) is 51.2 Å². The summed E-state index contributed by atoms with van der Waals surface area (Å²) in [5.41, 5.74) is 0.131. The number of nitrogens with zero attached hydrogens (tertiary/aromatic N) is 2. The van der Waals surface area contributed by atoms with Crippen LogP contribution in [0.15, 0.2) is 29.4 Å². The van der Waals surface area contributed by atoms with Gasteiger partial charge in [0.25, 0.3) is 5.69 Å². The summed E-state index contributed by atoms with van der Waals surface area (Å²) in [5, 5.41) is 14.5. The standard InChI is InChI=1S/C15H23N3O4S/c1-2-3-4-5-6-9-12-23(21,22)17-16-13-14-10-7-8-11-15(14)18(19)20/h7-8,10-11,13,17H,2-6,9,12H2,1H3/b16-13+. The van der Waals surface area contributed by atoms with E-state index in [1.54, 1.807) is 6.07 Å². The first-order valence-corrected chi connectivity index (χ1v) is 9.37. The van der Waals surface area contributed by atoms with Crippen LogP contribution in [-0.4, -0.2) is 25.3 Å². The largest absolute Gasteiger partial charge is 0.278 e. The summed E-state index contributed by atoms with van der Waals surface area (Å²) in [6.45, 7) is 2.13. The van der Waals surface area contributed by atoms with Crippen molar-refractivity contribution in [3.05, 3.63) is 39.9 Å². The molecule has 7 nitrogen and oxygen atoms in total. The van der Waals surface area contributed by atoms with Crippen LogP contribution in [0, 0.1) is 10.1 Å². The van der Waals surface area contributed by atoms with Crippen LogP contribution in [0.4, 0.5) is 5.69 Å². The average molecular weight is 341 g/mol. The molecule has 23 heavy (non-hydrogen) atoms. The molecular weight excluding hydrogens is 318 g/mol. The van der Waals surface area contributed by atoms with E-state index in [-0.39, 0.29) is 17.0 Å². The van der Waals surface area contributed by atoms with E-state index in [1.165, 1.54) is 24.6 Å². The van der Waals surface area contributed by atoms with E-state index in [1.807, 2.05) is 0 Å². The number of nitro groups is 1. The highest BCUT2D eigenvalue weighted by Gasteiger charge is 2.11. The van der Waals surface area contributed by atoms with Gasteiger partial charge in [-0.05, 0) is 12.5 Å². The molecule has 0 heterocycles. The monoisotopic (exact) mass is 341 g/mol. The normalized spacial score (nSPS) is 11.7. The number of hydrogen-bond acceptors (Lipinski definition) is 5. The molecule has 1 rings (SSSR count). The zero-order valence-electron chi connectivity index (χ0n) is 13.3. The molecule has 0 radical (unpaired) electrons. The molecule has 0 saturated carbocycles. The van der Waals surface area contributed by atoms with Crippen molar-refractivity contribution < 1.29 is 13.3 Å². The van der Waals surface area contributed by atoms with Gasteiger partial charge < -0.3 is 0 Å². The number of para-hydroxylation sites is 1. The Labute approximate surface area is 137 Å². The Kier molecular flexibility index (Phi) is 8.25. The Morgan fingerprint density at radius 3 is 2.52 bits per heavy atom. The van der Waals surface area contributed by atoms with Crippen molar-refractivity contribution in [1.29, 1.82) is 0 Å². The predicted octanol–water partition coefficient (Wildman–Crippen LogP) is 3.21. The Balaban J connectivity index is 2.45. The van der Waals surface area contributed by atoms with E-state index in [0.29, 0.717) is 6.42 Å². The van der Waals surface area contributed by atoms with Crippen LogP contribution in [-0.2, 0) is 10.0 Å². The van der Waals surface area contributed by atoms with E-state index in [2.05, 4.69) is 16.9 Å². The molecule has 0 aliphatic rings. The summed E-state index contributed by atoms with van der Waals surface area (Å²) < 4.78 is 23.5. The lowest BCUT2D eigenvalue weighted by Gasteiger charge is -2.03. The quantitative estimate of drug-likeness (QED) is 0.289. The summed E-state index contributed by atoms with van der Waals surface area (Å²) in [7, 11) is -3.50. The molecule has 8 heteroatoms. The Bertz CT molecular complexity index is 629. The molecule has 0 bridgehead atoms. The second-order valence-electron chi connectivity index (χ2n) is 5.25. The van der Waals surface area contributed by atoms with Gasteiger partial charge in [0.05, 0.1) is 22.5 Å². The molecule has 0 saturated heterocycles. The third-order valence-corrected chi connectivity index (χ3v) is 4.51. The number of nitro benzene ring substituents is 1. The topological polar surface area (TPSA) is 102 Å². The maximum atomic E-state index is 11.8. The van der Waals surface area contributed by atoms with Crippen LogP contribution in [0.2, 0.25) is 0 Å². The van der Waals surface area contributed by atoms with Crippen molar-refractivity contribution in [2.75, 3.05) is 5.75 Å². The Morgan fingerprint density at radius 2 is 1.83 bits per heavy atom. The summed E-state index contributed by atoms with van der Waals surface area (Å²) in [6, 6.07) is 6.01. The van der Waals surface area contributed by atoms with Crippen LogP contribution in [0.1, 0.15) is 51.0 Å². The van der Waals surface area contributed by atoms with Gasteiger partial charge in [-0.3, -0.25) is 10.1 Å². The maximum absolute atomic E-state index is 11.8. The molecule has 0 spiro atoms. The van der Waals surface area contributed by atoms with Gasteiger partial charge in [-0.15, -0.1) is 0 Å². The average Bonchev–Trinajstić information content (AvgIpc) is 2.51. The minimum atomic E-state index is -3.50. The SMILES string of the molecule is CCCCCCCCS(=O)(=O)N/N=C/c1ccccc1[N+](=O)[O-]. The van der Waals surface area contributed by atoms with E-state index in [9.17, 15) is 18.5 Å². The lowest BCUT2D eigenvalue weighted by Crippen LogP contribution is -2.21. The fraction of sp³-hybridized carbons (Fsp3) is 0.533. The molecule has 0 unspecified atom stereocenters. The first kappa shape index (κ1) is 19.1. The van der Waals surface area contributed by atoms with Crippen LogP contribution in [0.25, 0.3) is 0 Å². The molecular formula is C15H23N3O4S. The number of unbranched alkanes of at least 4 members (excludes halogenated alkanes) is 5.